The summed E-state index contributed by atoms with van der Waals surface area (Å²) in [5.74, 6) is -1.07. The maximum Gasteiger partial charge on any atom is 0.270 e. The smallest absolute Gasteiger partial charge is 0.270 e. The summed E-state index contributed by atoms with van der Waals surface area (Å²) in [5, 5.41) is 17.8. The van der Waals surface area contributed by atoms with Crippen LogP contribution in [-0.2, 0) is 4.79 Å². The van der Waals surface area contributed by atoms with Crippen molar-refractivity contribution in [2.45, 2.75) is 31.7 Å². The van der Waals surface area contributed by atoms with Gasteiger partial charge in [-0.3, -0.25) is 15.0 Å². The molecule has 1 saturated carbocycles. The van der Waals surface area contributed by atoms with Crippen molar-refractivity contribution in [1.29, 1.82) is 5.41 Å². The highest BCUT2D eigenvalue weighted by molar-refractivity contribution is 7.07. The number of aromatic nitrogens is 1. The fourth-order valence-corrected chi connectivity index (χ4v) is 3.69. The van der Waals surface area contributed by atoms with E-state index in [4.69, 9.17) is 5.41 Å². The van der Waals surface area contributed by atoms with E-state index in [1.165, 1.54) is 29.7 Å². The second-order valence-corrected chi connectivity index (χ2v) is 7.47. The zero-order valence-corrected chi connectivity index (χ0v) is 16.5. The second kappa shape index (κ2) is 9.92. The lowest BCUT2D eigenvalue weighted by molar-refractivity contribution is -0.124. The summed E-state index contributed by atoms with van der Waals surface area (Å²) in [6, 6.07) is 6.22. The summed E-state index contributed by atoms with van der Waals surface area (Å²) in [7, 11) is 0. The number of nitrogens with one attached hydrogen (secondary N) is 4. The number of hydrogen-bond acceptors (Lipinski definition) is 6. The van der Waals surface area contributed by atoms with Crippen LogP contribution in [0.4, 0.5) is 10.1 Å². The SMILES string of the molecule is N=C(/C=C\Nc1ccccc1F)NC(=O)C1CCC(NC(=O)c2cscn2)CC1. The molecule has 9 heteroatoms. The molecule has 1 heterocycles. The number of carbonyl (C=O) groups is 2. The Balaban J connectivity index is 1.40. The number of carbonyl (C=O) groups excluding carboxylic acids is 2. The van der Waals surface area contributed by atoms with Gasteiger partial charge in [-0.15, -0.1) is 11.3 Å². The first-order valence-corrected chi connectivity index (χ1v) is 10.2. The molecule has 0 radical (unpaired) electrons. The number of anilines is 1. The quantitative estimate of drug-likeness (QED) is 0.429. The number of nitrogens with zero attached hydrogens (tertiary/aromatic N) is 1. The minimum atomic E-state index is -0.397. The molecule has 2 aromatic rings. The van der Waals surface area contributed by atoms with E-state index in [2.05, 4.69) is 20.9 Å². The third-order valence-corrected chi connectivity index (χ3v) is 5.31. The molecule has 0 bridgehead atoms. The first-order chi connectivity index (χ1) is 14.0. The molecule has 0 saturated heterocycles. The fraction of sp³-hybridized carbons (Fsp3) is 0.300. The van der Waals surface area contributed by atoms with E-state index in [9.17, 15) is 14.0 Å². The van der Waals surface area contributed by atoms with Gasteiger partial charge in [0.05, 0.1) is 11.2 Å². The van der Waals surface area contributed by atoms with Crippen molar-refractivity contribution in [3.63, 3.8) is 0 Å². The Labute approximate surface area is 171 Å². The van der Waals surface area contributed by atoms with Crippen LogP contribution in [0.15, 0.2) is 47.4 Å². The van der Waals surface area contributed by atoms with Crippen molar-refractivity contribution in [3.8, 4) is 0 Å². The molecule has 4 N–H and O–H groups in total. The number of amides is 2. The van der Waals surface area contributed by atoms with Gasteiger partial charge >= 0.3 is 0 Å². The lowest BCUT2D eigenvalue weighted by atomic mass is 9.85. The van der Waals surface area contributed by atoms with Crippen LogP contribution in [0, 0.1) is 17.1 Å². The minimum absolute atomic E-state index is 0.0255. The Bertz CT molecular complexity index is 892. The van der Waals surface area contributed by atoms with Crippen LogP contribution in [0.5, 0.6) is 0 Å². The summed E-state index contributed by atoms with van der Waals surface area (Å²) in [6.45, 7) is 0. The van der Waals surface area contributed by atoms with E-state index >= 15 is 0 Å². The van der Waals surface area contributed by atoms with Crippen LogP contribution in [0.1, 0.15) is 36.2 Å². The topological polar surface area (TPSA) is 107 Å². The number of benzene rings is 1. The molecule has 1 aromatic carbocycles. The molecule has 7 nitrogen and oxygen atoms in total. The van der Waals surface area contributed by atoms with Crippen LogP contribution in [-0.4, -0.2) is 28.7 Å². The number of amidine groups is 1. The maximum absolute atomic E-state index is 13.5. The number of para-hydroxylation sites is 1. The molecule has 152 valence electrons. The largest absolute Gasteiger partial charge is 0.359 e. The van der Waals surface area contributed by atoms with Gasteiger partial charge in [-0.1, -0.05) is 12.1 Å². The first kappa shape index (κ1) is 20.7. The summed E-state index contributed by atoms with van der Waals surface area (Å²) < 4.78 is 13.5. The van der Waals surface area contributed by atoms with Gasteiger partial charge in [0, 0.05) is 23.5 Å². The maximum atomic E-state index is 13.5. The van der Waals surface area contributed by atoms with Crippen LogP contribution in [0.25, 0.3) is 0 Å². The third-order valence-electron chi connectivity index (χ3n) is 4.72. The Kier molecular flexibility index (Phi) is 7.07. The van der Waals surface area contributed by atoms with Gasteiger partial charge in [0.1, 0.15) is 17.3 Å². The molecule has 2 amide bonds. The van der Waals surface area contributed by atoms with Gasteiger partial charge in [-0.05, 0) is 43.9 Å². The Hall–Kier alpha value is -3.07. The predicted octanol–water partition coefficient (Wildman–Crippen LogP) is 3.29. The van der Waals surface area contributed by atoms with Crippen molar-refractivity contribution in [1.82, 2.24) is 15.6 Å². The Morgan fingerprint density at radius 2 is 1.97 bits per heavy atom. The van der Waals surface area contributed by atoms with Crippen LogP contribution >= 0.6 is 11.3 Å². The average molecular weight is 415 g/mol. The highest BCUT2D eigenvalue weighted by Crippen LogP contribution is 2.24. The molecule has 3 rings (SSSR count). The average Bonchev–Trinajstić information content (AvgIpc) is 3.25. The summed E-state index contributed by atoms with van der Waals surface area (Å²) in [5.41, 5.74) is 2.32. The van der Waals surface area contributed by atoms with E-state index < -0.39 is 5.82 Å². The summed E-state index contributed by atoms with van der Waals surface area (Å²) in [4.78, 5) is 28.4. The third kappa shape index (κ3) is 5.95. The molecule has 0 atom stereocenters. The van der Waals surface area contributed by atoms with E-state index in [1.54, 1.807) is 29.1 Å². The molecular weight excluding hydrogens is 393 g/mol. The van der Waals surface area contributed by atoms with Gasteiger partial charge in [0.2, 0.25) is 5.91 Å². The standard InChI is InChI=1S/C20H22FN5O2S/c21-15-3-1-2-4-16(15)23-10-9-18(22)26-19(27)13-5-7-14(8-6-13)25-20(28)17-11-29-12-24-17/h1-4,9-14,23H,5-8H2,(H,25,28)(H2,22,26,27)/b10-9-. The molecule has 1 aliphatic carbocycles. The minimum Gasteiger partial charge on any atom is -0.359 e. The molecule has 29 heavy (non-hydrogen) atoms. The van der Waals surface area contributed by atoms with E-state index in [0.717, 1.165) is 0 Å². The van der Waals surface area contributed by atoms with Crippen molar-refractivity contribution in [3.05, 3.63) is 58.9 Å². The normalized spacial score (nSPS) is 18.9. The van der Waals surface area contributed by atoms with Crippen molar-refractivity contribution in [2.24, 2.45) is 5.92 Å². The zero-order chi connectivity index (χ0) is 20.6. The molecule has 0 unspecified atom stereocenters. The van der Waals surface area contributed by atoms with Gasteiger partial charge < -0.3 is 16.0 Å². The van der Waals surface area contributed by atoms with Crippen molar-refractivity contribution >= 4 is 34.7 Å². The van der Waals surface area contributed by atoms with Crippen molar-refractivity contribution in [2.75, 3.05) is 5.32 Å². The van der Waals surface area contributed by atoms with E-state index in [-0.39, 0.29) is 29.6 Å². The van der Waals surface area contributed by atoms with Gasteiger partial charge in [0.15, 0.2) is 0 Å². The molecule has 0 spiro atoms. The second-order valence-electron chi connectivity index (χ2n) is 6.76. The molecule has 1 aliphatic rings. The highest BCUT2D eigenvalue weighted by Gasteiger charge is 2.27. The number of rotatable bonds is 6. The number of halogens is 1. The fourth-order valence-electron chi connectivity index (χ4n) is 3.15. The lowest BCUT2D eigenvalue weighted by Gasteiger charge is -2.28. The summed E-state index contributed by atoms with van der Waals surface area (Å²) in [6.07, 6.45) is 5.45. The lowest BCUT2D eigenvalue weighted by Crippen LogP contribution is -2.41. The Morgan fingerprint density at radius 1 is 1.21 bits per heavy atom. The van der Waals surface area contributed by atoms with Gasteiger partial charge in [-0.25, -0.2) is 9.37 Å². The number of hydrogen-bond donors (Lipinski definition) is 4. The molecule has 1 aromatic heterocycles. The van der Waals surface area contributed by atoms with Crippen LogP contribution < -0.4 is 16.0 Å². The Morgan fingerprint density at radius 3 is 2.66 bits per heavy atom. The molecule has 0 aliphatic heterocycles. The monoisotopic (exact) mass is 415 g/mol. The van der Waals surface area contributed by atoms with E-state index in [1.807, 2.05) is 0 Å². The van der Waals surface area contributed by atoms with Gasteiger partial charge in [-0.2, -0.15) is 0 Å². The van der Waals surface area contributed by atoms with Crippen LogP contribution in [0.2, 0.25) is 0 Å². The van der Waals surface area contributed by atoms with Crippen LogP contribution in [0.3, 0.4) is 0 Å². The van der Waals surface area contributed by atoms with Gasteiger partial charge in [0.25, 0.3) is 5.91 Å². The van der Waals surface area contributed by atoms with E-state index in [0.29, 0.717) is 37.1 Å². The number of thiazole rings is 1. The first-order valence-electron chi connectivity index (χ1n) is 9.29. The zero-order valence-electron chi connectivity index (χ0n) is 15.7. The molecule has 1 fully saturated rings. The predicted molar refractivity (Wildman–Crippen MR) is 110 cm³/mol. The summed E-state index contributed by atoms with van der Waals surface area (Å²) >= 11 is 1.37. The molecular formula is C20H22FN5O2S. The van der Waals surface area contributed by atoms with Crippen molar-refractivity contribution < 1.29 is 14.0 Å². The highest BCUT2D eigenvalue weighted by atomic mass is 32.1.